The summed E-state index contributed by atoms with van der Waals surface area (Å²) in [6.07, 6.45) is 3.67. The first kappa shape index (κ1) is 19.3. The summed E-state index contributed by atoms with van der Waals surface area (Å²) in [5.41, 5.74) is 1.25. The van der Waals surface area contributed by atoms with E-state index in [9.17, 15) is 13.6 Å². The van der Waals surface area contributed by atoms with Crippen molar-refractivity contribution in [1.29, 1.82) is 0 Å². The lowest BCUT2D eigenvalue weighted by atomic mass is 10.1. The molecule has 1 unspecified atom stereocenters. The second-order valence-corrected chi connectivity index (χ2v) is 7.12. The molecular formula is C21H22F2N4O2. The molecule has 152 valence electrons. The summed E-state index contributed by atoms with van der Waals surface area (Å²) in [6.45, 7) is 3.18. The van der Waals surface area contributed by atoms with Crippen molar-refractivity contribution in [2.45, 2.75) is 32.4 Å². The van der Waals surface area contributed by atoms with E-state index in [-0.39, 0.29) is 24.1 Å². The predicted molar refractivity (Wildman–Crippen MR) is 104 cm³/mol. The van der Waals surface area contributed by atoms with Gasteiger partial charge in [-0.05, 0) is 50.6 Å². The van der Waals surface area contributed by atoms with Crippen LogP contribution in [0, 0.1) is 18.6 Å². The Hall–Kier alpha value is -3.00. The monoisotopic (exact) mass is 400 g/mol. The normalized spacial score (nSPS) is 16.7. The molecule has 1 atom stereocenters. The van der Waals surface area contributed by atoms with Crippen molar-refractivity contribution >= 4 is 11.6 Å². The van der Waals surface area contributed by atoms with Crippen molar-refractivity contribution < 1.29 is 18.3 Å². The van der Waals surface area contributed by atoms with Gasteiger partial charge in [-0.1, -0.05) is 6.07 Å². The van der Waals surface area contributed by atoms with Gasteiger partial charge in [0.1, 0.15) is 23.9 Å². The van der Waals surface area contributed by atoms with Gasteiger partial charge in [-0.3, -0.25) is 9.20 Å². The molecule has 1 aliphatic heterocycles. The number of carbonyl (C=O) groups excluding carboxylic acids is 1. The first-order chi connectivity index (χ1) is 14.0. The summed E-state index contributed by atoms with van der Waals surface area (Å²) in [6, 6.07) is 7.12. The first-order valence-electron chi connectivity index (χ1n) is 9.59. The molecular weight excluding hydrogens is 378 g/mol. The lowest BCUT2D eigenvalue weighted by Gasteiger charge is -2.23. The molecule has 1 saturated heterocycles. The van der Waals surface area contributed by atoms with E-state index in [1.54, 1.807) is 29.7 Å². The largest absolute Gasteiger partial charge is 0.485 e. The number of halogens is 2. The van der Waals surface area contributed by atoms with E-state index in [1.165, 1.54) is 18.2 Å². The van der Waals surface area contributed by atoms with Crippen molar-refractivity contribution in [2.75, 3.05) is 13.1 Å². The highest BCUT2D eigenvalue weighted by atomic mass is 19.1. The number of ether oxygens (including phenoxy) is 1. The van der Waals surface area contributed by atoms with Gasteiger partial charge in [0.2, 0.25) is 0 Å². The lowest BCUT2D eigenvalue weighted by Crippen LogP contribution is -2.46. The van der Waals surface area contributed by atoms with Crippen LogP contribution in [0.2, 0.25) is 0 Å². The minimum Gasteiger partial charge on any atom is -0.485 e. The number of nitrogens with zero attached hydrogens (tertiary/aromatic N) is 2. The van der Waals surface area contributed by atoms with Crippen molar-refractivity contribution in [1.82, 2.24) is 20.0 Å². The second-order valence-electron chi connectivity index (χ2n) is 7.12. The molecule has 2 aromatic heterocycles. The van der Waals surface area contributed by atoms with Crippen LogP contribution in [0.15, 0.2) is 36.5 Å². The van der Waals surface area contributed by atoms with E-state index < -0.39 is 11.6 Å². The zero-order chi connectivity index (χ0) is 20.4. The standard InChI is InChI=1S/C21H22F2N4O2/c1-13-19(21(28)26-14-5-3-9-24-11-14)27-10-4-8-18(20(27)25-13)29-12-15-16(22)6-2-7-17(15)23/h2,4,6-8,10,14,24H,3,5,9,11-12H2,1H3,(H,26,28). The number of benzene rings is 1. The number of piperidine rings is 1. The number of fused-ring (bicyclic) bond motifs is 1. The Kier molecular flexibility index (Phi) is 5.44. The molecule has 0 saturated carbocycles. The van der Waals surface area contributed by atoms with Gasteiger partial charge in [-0.2, -0.15) is 0 Å². The SMILES string of the molecule is Cc1nc2c(OCc3c(F)cccc3F)cccn2c1C(=O)NC1CCCNC1. The molecule has 3 aromatic rings. The van der Waals surface area contributed by atoms with E-state index in [0.717, 1.165) is 25.9 Å². The average molecular weight is 400 g/mol. The van der Waals surface area contributed by atoms with Crippen molar-refractivity contribution in [3.8, 4) is 5.75 Å². The molecule has 0 spiro atoms. The number of nitrogens with one attached hydrogen (secondary N) is 2. The maximum absolute atomic E-state index is 13.9. The zero-order valence-electron chi connectivity index (χ0n) is 16.0. The topological polar surface area (TPSA) is 67.7 Å². The Labute approximate surface area is 166 Å². The molecule has 2 N–H and O–H groups in total. The van der Waals surface area contributed by atoms with Gasteiger partial charge in [0, 0.05) is 18.8 Å². The number of carbonyl (C=O) groups is 1. The van der Waals surface area contributed by atoms with Gasteiger partial charge in [0.15, 0.2) is 11.4 Å². The molecule has 1 fully saturated rings. The highest BCUT2D eigenvalue weighted by Gasteiger charge is 2.22. The molecule has 0 radical (unpaired) electrons. The van der Waals surface area contributed by atoms with Crippen LogP contribution in [0.5, 0.6) is 5.75 Å². The van der Waals surface area contributed by atoms with E-state index in [4.69, 9.17) is 4.74 Å². The summed E-state index contributed by atoms with van der Waals surface area (Å²) >= 11 is 0. The highest BCUT2D eigenvalue weighted by Crippen LogP contribution is 2.24. The van der Waals surface area contributed by atoms with Crippen LogP contribution >= 0.6 is 0 Å². The molecule has 3 heterocycles. The van der Waals surface area contributed by atoms with Gasteiger partial charge in [0.05, 0.1) is 11.3 Å². The number of aromatic nitrogens is 2. The molecule has 1 aromatic carbocycles. The van der Waals surface area contributed by atoms with Crippen LogP contribution in [0.1, 0.15) is 34.6 Å². The summed E-state index contributed by atoms with van der Waals surface area (Å²) in [4.78, 5) is 17.3. The van der Waals surface area contributed by atoms with Crippen LogP contribution in [0.3, 0.4) is 0 Å². The third-order valence-corrected chi connectivity index (χ3v) is 5.07. The Balaban J connectivity index is 1.59. The van der Waals surface area contributed by atoms with E-state index in [0.29, 0.717) is 22.8 Å². The molecule has 8 heteroatoms. The smallest absolute Gasteiger partial charge is 0.270 e. The molecule has 29 heavy (non-hydrogen) atoms. The predicted octanol–water partition coefficient (Wildman–Crippen LogP) is 2.98. The summed E-state index contributed by atoms with van der Waals surface area (Å²) in [7, 11) is 0. The Bertz CT molecular complexity index is 1020. The quantitative estimate of drug-likeness (QED) is 0.691. The molecule has 0 aliphatic carbocycles. The van der Waals surface area contributed by atoms with Gasteiger partial charge in [-0.15, -0.1) is 0 Å². The number of amides is 1. The van der Waals surface area contributed by atoms with Gasteiger partial charge < -0.3 is 15.4 Å². The molecule has 1 amide bonds. The Morgan fingerprint density at radius 2 is 2.10 bits per heavy atom. The maximum atomic E-state index is 13.9. The van der Waals surface area contributed by atoms with E-state index in [2.05, 4.69) is 15.6 Å². The van der Waals surface area contributed by atoms with Crippen LogP contribution in [0.4, 0.5) is 8.78 Å². The summed E-state index contributed by atoms with van der Waals surface area (Å²) in [5, 5.41) is 6.31. The fourth-order valence-electron chi connectivity index (χ4n) is 3.59. The van der Waals surface area contributed by atoms with E-state index >= 15 is 0 Å². The molecule has 6 nitrogen and oxygen atoms in total. The molecule has 1 aliphatic rings. The molecule has 4 rings (SSSR count). The number of hydrogen-bond donors (Lipinski definition) is 2. The fraction of sp³-hybridized carbons (Fsp3) is 0.333. The number of pyridine rings is 1. The molecule has 0 bridgehead atoms. The highest BCUT2D eigenvalue weighted by molar-refractivity contribution is 5.95. The van der Waals surface area contributed by atoms with Crippen molar-refractivity contribution in [3.63, 3.8) is 0 Å². The number of rotatable bonds is 5. The van der Waals surface area contributed by atoms with Crippen LogP contribution in [-0.4, -0.2) is 34.4 Å². The van der Waals surface area contributed by atoms with Crippen molar-refractivity contribution in [3.05, 3.63) is 65.1 Å². The van der Waals surface area contributed by atoms with Crippen LogP contribution in [-0.2, 0) is 6.61 Å². The van der Waals surface area contributed by atoms with Gasteiger partial charge in [0.25, 0.3) is 5.91 Å². The van der Waals surface area contributed by atoms with Crippen molar-refractivity contribution in [2.24, 2.45) is 0 Å². The van der Waals surface area contributed by atoms with Gasteiger partial charge in [-0.25, -0.2) is 13.8 Å². The minimum atomic E-state index is -0.669. The number of hydrogen-bond acceptors (Lipinski definition) is 4. The fourth-order valence-corrected chi connectivity index (χ4v) is 3.59. The average Bonchev–Trinajstić information content (AvgIpc) is 3.05. The van der Waals surface area contributed by atoms with Crippen LogP contribution < -0.4 is 15.4 Å². The third kappa shape index (κ3) is 3.93. The lowest BCUT2D eigenvalue weighted by molar-refractivity contribution is 0.0924. The zero-order valence-corrected chi connectivity index (χ0v) is 16.0. The number of aryl methyl sites for hydroxylation is 1. The first-order valence-corrected chi connectivity index (χ1v) is 9.59. The second kappa shape index (κ2) is 8.16. The summed E-state index contributed by atoms with van der Waals surface area (Å²) in [5.74, 6) is -1.20. The third-order valence-electron chi connectivity index (χ3n) is 5.07. The Morgan fingerprint density at radius 1 is 1.31 bits per heavy atom. The van der Waals surface area contributed by atoms with E-state index in [1.807, 2.05) is 0 Å². The minimum absolute atomic E-state index is 0.0738. The van der Waals surface area contributed by atoms with Gasteiger partial charge >= 0.3 is 0 Å². The maximum Gasteiger partial charge on any atom is 0.270 e. The number of imidazole rings is 1. The van der Waals surface area contributed by atoms with Crippen LogP contribution in [0.25, 0.3) is 5.65 Å². The summed E-state index contributed by atoms with van der Waals surface area (Å²) < 4.78 is 35.0. The Morgan fingerprint density at radius 3 is 2.83 bits per heavy atom.